The number of nitrogens with one attached hydrogen (secondary N) is 3. The first kappa shape index (κ1) is 25.4. The Morgan fingerprint density at radius 2 is 1.71 bits per heavy atom. The molecule has 2 aromatic carbocycles. The van der Waals surface area contributed by atoms with E-state index in [0.29, 0.717) is 42.6 Å². The molecule has 0 atom stereocenters. The van der Waals surface area contributed by atoms with E-state index in [1.165, 1.54) is 0 Å². The van der Waals surface area contributed by atoms with Gasteiger partial charge in [-0.05, 0) is 74.6 Å². The summed E-state index contributed by atoms with van der Waals surface area (Å²) in [7, 11) is 1.64. The minimum atomic E-state index is -0.379. The minimum Gasteiger partial charge on any atom is -0.494 e. The largest absolute Gasteiger partial charge is 0.494 e. The fourth-order valence-corrected chi connectivity index (χ4v) is 3.93. The van der Waals surface area contributed by atoms with Gasteiger partial charge in [0.05, 0.1) is 12.2 Å². The summed E-state index contributed by atoms with van der Waals surface area (Å²) in [4.78, 5) is 27.9. The van der Waals surface area contributed by atoms with Crippen molar-refractivity contribution in [3.05, 3.63) is 48.0 Å². The van der Waals surface area contributed by atoms with E-state index in [4.69, 9.17) is 9.47 Å². The topological polar surface area (TPSA) is 91.9 Å². The summed E-state index contributed by atoms with van der Waals surface area (Å²) >= 11 is 0. The molecule has 0 unspecified atom stereocenters. The second kappa shape index (κ2) is 12.8. The van der Waals surface area contributed by atoms with Crippen molar-refractivity contribution in [2.45, 2.75) is 33.1 Å². The molecule has 34 heavy (non-hydrogen) atoms. The van der Waals surface area contributed by atoms with Crippen molar-refractivity contribution in [2.24, 2.45) is 5.92 Å². The van der Waals surface area contributed by atoms with Crippen LogP contribution in [-0.2, 0) is 4.74 Å². The molecule has 184 valence electrons. The highest BCUT2D eigenvalue weighted by Gasteiger charge is 2.22. The molecule has 1 saturated heterocycles. The molecule has 3 rings (SSSR count). The van der Waals surface area contributed by atoms with Crippen LogP contribution in [0.15, 0.2) is 42.5 Å². The molecule has 1 fully saturated rings. The van der Waals surface area contributed by atoms with Crippen molar-refractivity contribution in [3.8, 4) is 5.75 Å². The van der Waals surface area contributed by atoms with Crippen molar-refractivity contribution in [3.63, 3.8) is 0 Å². The van der Waals surface area contributed by atoms with Crippen LogP contribution in [0.1, 0.15) is 43.5 Å². The number of anilines is 3. The molecule has 8 heteroatoms. The summed E-state index contributed by atoms with van der Waals surface area (Å²) in [5.41, 5.74) is 2.66. The van der Waals surface area contributed by atoms with E-state index in [1.807, 2.05) is 19.1 Å². The molecule has 0 radical (unpaired) electrons. The number of nitrogens with zero attached hydrogens (tertiary/aromatic N) is 1. The van der Waals surface area contributed by atoms with Gasteiger partial charge in [0.1, 0.15) is 5.75 Å². The number of rotatable bonds is 10. The lowest BCUT2D eigenvalue weighted by molar-refractivity contribution is 0.0949. The molecule has 0 saturated carbocycles. The summed E-state index contributed by atoms with van der Waals surface area (Å²) in [5, 5.41) is 8.62. The van der Waals surface area contributed by atoms with Crippen LogP contribution in [-0.4, -0.2) is 51.9 Å². The zero-order chi connectivity index (χ0) is 24.3. The monoisotopic (exact) mass is 468 g/mol. The summed E-state index contributed by atoms with van der Waals surface area (Å²) in [5.74, 6) is 1.28. The first-order valence-electron chi connectivity index (χ1n) is 12.0. The Labute approximate surface area is 202 Å². The Morgan fingerprint density at radius 3 is 2.38 bits per heavy atom. The lowest BCUT2D eigenvalue weighted by Crippen LogP contribution is -2.35. The molecular formula is C26H36N4O4. The SMILES string of the molecule is CCOc1ccc(NC(=O)Nc2ccc(N3CCC(C)CC3)c(C(=O)NCCCOC)c2)cc1. The highest BCUT2D eigenvalue weighted by Crippen LogP contribution is 2.29. The first-order chi connectivity index (χ1) is 16.5. The fourth-order valence-electron chi connectivity index (χ4n) is 3.93. The predicted octanol–water partition coefficient (Wildman–Crippen LogP) is 4.73. The average molecular weight is 469 g/mol. The standard InChI is InChI=1S/C26H36N4O4/c1-4-34-22-9-6-20(7-10-22)28-26(32)29-21-8-11-24(30-15-12-19(2)13-16-30)23(18-21)25(31)27-14-5-17-33-3/h6-11,18-19H,4-5,12-17H2,1-3H3,(H,27,31)(H2,28,29,32). The van der Waals surface area contributed by atoms with Crippen LogP contribution in [0.25, 0.3) is 0 Å². The molecule has 3 N–H and O–H groups in total. The van der Waals surface area contributed by atoms with Crippen molar-refractivity contribution in [1.29, 1.82) is 0 Å². The molecule has 0 aromatic heterocycles. The van der Waals surface area contributed by atoms with E-state index in [0.717, 1.165) is 43.8 Å². The van der Waals surface area contributed by atoms with E-state index in [9.17, 15) is 9.59 Å². The number of piperidine rings is 1. The van der Waals surface area contributed by atoms with E-state index in [-0.39, 0.29) is 11.9 Å². The van der Waals surface area contributed by atoms with Crippen LogP contribution in [0.5, 0.6) is 5.75 Å². The van der Waals surface area contributed by atoms with Gasteiger partial charge in [-0.3, -0.25) is 4.79 Å². The van der Waals surface area contributed by atoms with E-state index >= 15 is 0 Å². The highest BCUT2D eigenvalue weighted by atomic mass is 16.5. The number of hydrogen-bond acceptors (Lipinski definition) is 5. The van der Waals surface area contributed by atoms with Crippen LogP contribution in [0.3, 0.4) is 0 Å². The Kier molecular flexibility index (Phi) is 9.58. The maximum atomic E-state index is 13.0. The summed E-state index contributed by atoms with van der Waals surface area (Å²) in [6, 6.07) is 12.3. The van der Waals surface area contributed by atoms with Gasteiger partial charge in [0.2, 0.25) is 0 Å². The molecule has 3 amide bonds. The van der Waals surface area contributed by atoms with Gasteiger partial charge in [-0.1, -0.05) is 6.92 Å². The van der Waals surface area contributed by atoms with Crippen LogP contribution >= 0.6 is 0 Å². The van der Waals surface area contributed by atoms with Gasteiger partial charge >= 0.3 is 6.03 Å². The molecule has 0 bridgehead atoms. The van der Waals surface area contributed by atoms with Gasteiger partial charge in [-0.2, -0.15) is 0 Å². The minimum absolute atomic E-state index is 0.153. The molecule has 8 nitrogen and oxygen atoms in total. The molecule has 1 aliphatic rings. The second-order valence-corrected chi connectivity index (χ2v) is 8.54. The van der Waals surface area contributed by atoms with Gasteiger partial charge in [0, 0.05) is 50.4 Å². The summed E-state index contributed by atoms with van der Waals surface area (Å²) in [6.45, 7) is 7.71. The number of benzene rings is 2. The van der Waals surface area contributed by atoms with Gasteiger partial charge in [-0.25, -0.2) is 4.79 Å². The van der Waals surface area contributed by atoms with Crippen LogP contribution in [0.2, 0.25) is 0 Å². The smallest absolute Gasteiger partial charge is 0.323 e. The van der Waals surface area contributed by atoms with Gasteiger partial charge in [0.25, 0.3) is 5.91 Å². The third kappa shape index (κ3) is 7.38. The van der Waals surface area contributed by atoms with Crippen LogP contribution in [0.4, 0.5) is 21.9 Å². The Hall–Kier alpha value is -3.26. The number of carbonyl (C=O) groups excluding carboxylic acids is 2. The molecule has 2 aromatic rings. The number of hydrogen-bond donors (Lipinski definition) is 3. The predicted molar refractivity (Wildman–Crippen MR) is 136 cm³/mol. The van der Waals surface area contributed by atoms with Gasteiger partial charge in [-0.15, -0.1) is 0 Å². The van der Waals surface area contributed by atoms with Crippen LogP contribution in [0, 0.1) is 5.92 Å². The maximum Gasteiger partial charge on any atom is 0.323 e. The number of carbonyl (C=O) groups is 2. The molecule has 0 spiro atoms. The second-order valence-electron chi connectivity index (χ2n) is 8.54. The summed E-state index contributed by atoms with van der Waals surface area (Å²) < 4.78 is 10.5. The maximum absolute atomic E-state index is 13.0. The van der Waals surface area contributed by atoms with E-state index in [2.05, 4.69) is 27.8 Å². The quantitative estimate of drug-likeness (QED) is 0.439. The average Bonchev–Trinajstić information content (AvgIpc) is 2.84. The van der Waals surface area contributed by atoms with E-state index < -0.39 is 0 Å². The molecule has 1 heterocycles. The first-order valence-corrected chi connectivity index (χ1v) is 12.0. The normalized spacial score (nSPS) is 13.9. The molecule has 0 aliphatic carbocycles. The Bertz CT molecular complexity index is 940. The number of methoxy groups -OCH3 is 1. The summed E-state index contributed by atoms with van der Waals surface area (Å²) in [6.07, 6.45) is 2.93. The zero-order valence-corrected chi connectivity index (χ0v) is 20.4. The fraction of sp³-hybridized carbons (Fsp3) is 0.462. The number of ether oxygens (including phenoxy) is 2. The van der Waals surface area contributed by atoms with Crippen molar-refractivity contribution in [1.82, 2.24) is 5.32 Å². The number of amides is 3. The molecule has 1 aliphatic heterocycles. The van der Waals surface area contributed by atoms with Crippen molar-refractivity contribution in [2.75, 3.05) is 55.5 Å². The third-order valence-electron chi connectivity index (χ3n) is 5.86. The highest BCUT2D eigenvalue weighted by molar-refractivity contribution is 6.04. The Morgan fingerprint density at radius 1 is 1.03 bits per heavy atom. The van der Waals surface area contributed by atoms with E-state index in [1.54, 1.807) is 37.4 Å². The van der Waals surface area contributed by atoms with Crippen molar-refractivity contribution >= 4 is 29.0 Å². The zero-order valence-electron chi connectivity index (χ0n) is 20.4. The lowest BCUT2D eigenvalue weighted by atomic mass is 9.98. The van der Waals surface area contributed by atoms with Crippen molar-refractivity contribution < 1.29 is 19.1 Å². The Balaban J connectivity index is 1.71. The molecular weight excluding hydrogens is 432 g/mol. The van der Waals surface area contributed by atoms with Crippen LogP contribution < -0.4 is 25.6 Å². The van der Waals surface area contributed by atoms with Gasteiger partial charge in [0.15, 0.2) is 0 Å². The lowest BCUT2D eigenvalue weighted by Gasteiger charge is -2.33. The third-order valence-corrected chi connectivity index (χ3v) is 5.86. The van der Waals surface area contributed by atoms with Gasteiger partial charge < -0.3 is 30.3 Å². The number of urea groups is 1.